The second-order valence-electron chi connectivity index (χ2n) is 3.39. The van der Waals surface area contributed by atoms with Gasteiger partial charge < -0.3 is 9.30 Å². The van der Waals surface area contributed by atoms with Crippen LogP contribution in [0.5, 0.6) is 0 Å². The molecule has 0 saturated heterocycles. The lowest BCUT2D eigenvalue weighted by Crippen LogP contribution is -2.22. The molecule has 84 valence electrons. The largest absolute Gasteiger partial charge is 0.382 e. The van der Waals surface area contributed by atoms with Gasteiger partial charge in [0.05, 0.1) is 0 Å². The Bertz CT molecular complexity index is 373. The summed E-state index contributed by atoms with van der Waals surface area (Å²) in [5.74, 6) is 0. The number of pyridine rings is 1. The molecule has 1 rings (SSSR count). The number of halogens is 1. The first kappa shape index (κ1) is 12.5. The van der Waals surface area contributed by atoms with E-state index < -0.39 is 0 Å². The summed E-state index contributed by atoms with van der Waals surface area (Å²) in [6.45, 7) is 5.93. The summed E-state index contributed by atoms with van der Waals surface area (Å²) in [6.07, 6.45) is 2.69. The van der Waals surface area contributed by atoms with Crippen molar-refractivity contribution >= 4 is 15.9 Å². The molecular formula is C11H16BrNO2. The van der Waals surface area contributed by atoms with Crippen LogP contribution in [0.15, 0.2) is 21.5 Å². The van der Waals surface area contributed by atoms with E-state index >= 15 is 0 Å². The highest BCUT2D eigenvalue weighted by atomic mass is 79.9. The summed E-state index contributed by atoms with van der Waals surface area (Å²) >= 11 is 3.38. The van der Waals surface area contributed by atoms with Crippen LogP contribution >= 0.6 is 15.9 Å². The van der Waals surface area contributed by atoms with Crippen LogP contribution in [0.25, 0.3) is 0 Å². The van der Waals surface area contributed by atoms with Crippen molar-refractivity contribution in [1.82, 2.24) is 4.57 Å². The van der Waals surface area contributed by atoms with E-state index in [1.165, 1.54) is 0 Å². The van der Waals surface area contributed by atoms with Crippen LogP contribution < -0.4 is 5.56 Å². The van der Waals surface area contributed by atoms with Crippen molar-refractivity contribution in [3.63, 3.8) is 0 Å². The van der Waals surface area contributed by atoms with E-state index in [4.69, 9.17) is 4.74 Å². The number of aromatic nitrogens is 1. The molecule has 0 aromatic carbocycles. The first-order chi connectivity index (χ1) is 7.15. The van der Waals surface area contributed by atoms with Crippen molar-refractivity contribution in [2.45, 2.75) is 26.8 Å². The van der Waals surface area contributed by atoms with Crippen LogP contribution in [0.2, 0.25) is 0 Å². The second-order valence-corrected chi connectivity index (χ2v) is 4.31. The van der Waals surface area contributed by atoms with E-state index in [-0.39, 0.29) is 5.56 Å². The van der Waals surface area contributed by atoms with Gasteiger partial charge in [0, 0.05) is 36.0 Å². The molecule has 1 aromatic heterocycles. The zero-order chi connectivity index (χ0) is 11.3. The average Bonchev–Trinajstić information content (AvgIpc) is 2.19. The first-order valence-electron chi connectivity index (χ1n) is 5.09. The van der Waals surface area contributed by atoms with Crippen LogP contribution in [-0.2, 0) is 11.3 Å². The third-order valence-electron chi connectivity index (χ3n) is 2.12. The Morgan fingerprint density at radius 1 is 1.53 bits per heavy atom. The summed E-state index contributed by atoms with van der Waals surface area (Å²) < 4.78 is 7.89. The number of ether oxygens (including phenoxy) is 1. The summed E-state index contributed by atoms with van der Waals surface area (Å²) in [6, 6.07) is 1.83. The number of nitrogens with zero attached hydrogens (tertiary/aromatic N) is 1. The lowest BCUT2D eigenvalue weighted by atomic mass is 10.3. The molecule has 3 nitrogen and oxygen atoms in total. The molecule has 0 spiro atoms. The Hall–Kier alpha value is -0.610. The van der Waals surface area contributed by atoms with E-state index in [0.29, 0.717) is 13.2 Å². The fraction of sp³-hybridized carbons (Fsp3) is 0.545. The predicted octanol–water partition coefficient (Wildman–Crippen LogP) is 2.35. The SMILES string of the molecule is CCOCCCn1cc(Br)cc(C)c1=O. The number of hydrogen-bond acceptors (Lipinski definition) is 2. The van der Waals surface area contributed by atoms with Gasteiger partial charge in [-0.25, -0.2) is 0 Å². The summed E-state index contributed by atoms with van der Waals surface area (Å²) in [4.78, 5) is 11.7. The van der Waals surface area contributed by atoms with Crippen molar-refractivity contribution in [3.8, 4) is 0 Å². The van der Waals surface area contributed by atoms with Gasteiger partial charge in [-0.05, 0) is 42.3 Å². The molecule has 0 unspecified atom stereocenters. The molecule has 0 aliphatic carbocycles. The van der Waals surface area contributed by atoms with Crippen molar-refractivity contribution in [1.29, 1.82) is 0 Å². The van der Waals surface area contributed by atoms with Crippen molar-refractivity contribution in [2.75, 3.05) is 13.2 Å². The molecule has 1 heterocycles. The third kappa shape index (κ3) is 3.80. The summed E-state index contributed by atoms with van der Waals surface area (Å²) in [7, 11) is 0. The molecule has 0 fully saturated rings. The minimum atomic E-state index is 0.0784. The van der Waals surface area contributed by atoms with Gasteiger partial charge in [-0.2, -0.15) is 0 Å². The van der Waals surface area contributed by atoms with Gasteiger partial charge >= 0.3 is 0 Å². The van der Waals surface area contributed by atoms with E-state index in [0.717, 1.165) is 23.1 Å². The Labute approximate surface area is 98.2 Å². The quantitative estimate of drug-likeness (QED) is 0.772. The fourth-order valence-electron chi connectivity index (χ4n) is 1.39. The second kappa shape index (κ2) is 6.08. The molecule has 4 heteroatoms. The van der Waals surface area contributed by atoms with Gasteiger partial charge in [-0.15, -0.1) is 0 Å². The lowest BCUT2D eigenvalue weighted by molar-refractivity contribution is 0.141. The molecule has 0 amide bonds. The van der Waals surface area contributed by atoms with Crippen molar-refractivity contribution in [3.05, 3.63) is 32.7 Å². The van der Waals surface area contributed by atoms with E-state index in [1.54, 1.807) is 4.57 Å². The molecule has 0 bridgehead atoms. The molecule has 0 radical (unpaired) electrons. The summed E-state index contributed by atoms with van der Waals surface area (Å²) in [5.41, 5.74) is 0.843. The molecular weight excluding hydrogens is 258 g/mol. The van der Waals surface area contributed by atoms with E-state index in [1.807, 2.05) is 26.1 Å². The maximum atomic E-state index is 11.7. The molecule has 0 saturated carbocycles. The van der Waals surface area contributed by atoms with Crippen LogP contribution in [0.1, 0.15) is 18.9 Å². The number of rotatable bonds is 5. The Morgan fingerprint density at radius 3 is 2.93 bits per heavy atom. The zero-order valence-electron chi connectivity index (χ0n) is 9.12. The number of hydrogen-bond donors (Lipinski definition) is 0. The Balaban J connectivity index is 2.64. The molecule has 0 atom stereocenters. The fourth-order valence-corrected chi connectivity index (χ4v) is 1.98. The van der Waals surface area contributed by atoms with Crippen LogP contribution in [-0.4, -0.2) is 17.8 Å². The van der Waals surface area contributed by atoms with Gasteiger partial charge in [0.1, 0.15) is 0 Å². The standard InChI is InChI=1S/C11H16BrNO2/c1-3-15-6-4-5-13-8-10(12)7-9(2)11(13)14/h7-8H,3-6H2,1-2H3. The van der Waals surface area contributed by atoms with Crippen molar-refractivity contribution in [2.24, 2.45) is 0 Å². The summed E-state index contributed by atoms with van der Waals surface area (Å²) in [5, 5.41) is 0. The Morgan fingerprint density at radius 2 is 2.27 bits per heavy atom. The molecule has 15 heavy (non-hydrogen) atoms. The topological polar surface area (TPSA) is 31.2 Å². The molecule has 0 aliphatic rings. The average molecular weight is 274 g/mol. The zero-order valence-corrected chi connectivity index (χ0v) is 10.7. The minimum absolute atomic E-state index is 0.0784. The maximum absolute atomic E-state index is 11.7. The van der Waals surface area contributed by atoms with Gasteiger partial charge in [0.2, 0.25) is 0 Å². The highest BCUT2D eigenvalue weighted by Gasteiger charge is 2.01. The first-order valence-corrected chi connectivity index (χ1v) is 5.88. The highest BCUT2D eigenvalue weighted by Crippen LogP contribution is 2.08. The monoisotopic (exact) mass is 273 g/mol. The normalized spacial score (nSPS) is 10.6. The van der Waals surface area contributed by atoms with Gasteiger partial charge in [-0.3, -0.25) is 4.79 Å². The molecule has 1 aromatic rings. The predicted molar refractivity (Wildman–Crippen MR) is 64.2 cm³/mol. The van der Waals surface area contributed by atoms with Gasteiger partial charge in [0.15, 0.2) is 0 Å². The minimum Gasteiger partial charge on any atom is -0.382 e. The van der Waals surface area contributed by atoms with Crippen LogP contribution in [0.4, 0.5) is 0 Å². The van der Waals surface area contributed by atoms with Gasteiger partial charge in [-0.1, -0.05) is 0 Å². The highest BCUT2D eigenvalue weighted by molar-refractivity contribution is 9.10. The van der Waals surface area contributed by atoms with Crippen LogP contribution in [0.3, 0.4) is 0 Å². The molecule has 0 N–H and O–H groups in total. The van der Waals surface area contributed by atoms with E-state index in [9.17, 15) is 4.79 Å². The van der Waals surface area contributed by atoms with Gasteiger partial charge in [0.25, 0.3) is 5.56 Å². The number of aryl methyl sites for hydroxylation is 2. The Kier molecular flexibility index (Phi) is 5.05. The van der Waals surface area contributed by atoms with Crippen molar-refractivity contribution < 1.29 is 4.74 Å². The lowest BCUT2D eigenvalue weighted by Gasteiger charge is -2.07. The third-order valence-corrected chi connectivity index (χ3v) is 2.56. The van der Waals surface area contributed by atoms with E-state index in [2.05, 4.69) is 15.9 Å². The molecule has 0 aliphatic heterocycles. The smallest absolute Gasteiger partial charge is 0.253 e. The van der Waals surface area contributed by atoms with Crippen LogP contribution in [0, 0.1) is 6.92 Å². The maximum Gasteiger partial charge on any atom is 0.253 e.